The minimum atomic E-state index is -0.311. The van der Waals surface area contributed by atoms with Crippen LogP contribution in [0.15, 0.2) is 18.2 Å². The van der Waals surface area contributed by atoms with Crippen LogP contribution >= 0.6 is 34.5 Å². The van der Waals surface area contributed by atoms with Crippen molar-refractivity contribution in [3.63, 3.8) is 0 Å². The Morgan fingerprint density at radius 3 is 2.65 bits per heavy atom. The van der Waals surface area contributed by atoms with Gasteiger partial charge in [-0.3, -0.25) is 0 Å². The van der Waals surface area contributed by atoms with Crippen molar-refractivity contribution < 1.29 is 4.79 Å². The topological polar surface area (TPSA) is 54.0 Å². The number of aromatic nitrogens is 1. The van der Waals surface area contributed by atoms with E-state index >= 15 is 0 Å². The molecule has 0 radical (unpaired) electrons. The molecule has 0 spiro atoms. The molecule has 0 aliphatic heterocycles. The summed E-state index contributed by atoms with van der Waals surface area (Å²) in [5, 5.41) is 7.16. The number of carbonyl (C=O) groups excluding carboxylic acids is 1. The van der Waals surface area contributed by atoms with Crippen molar-refractivity contribution in [2.24, 2.45) is 0 Å². The summed E-state index contributed by atoms with van der Waals surface area (Å²) in [5.41, 5.74) is 1.58. The van der Waals surface area contributed by atoms with Gasteiger partial charge in [-0.25, -0.2) is 9.78 Å². The first-order chi connectivity index (χ1) is 9.45. The van der Waals surface area contributed by atoms with Crippen LogP contribution in [0.2, 0.25) is 10.0 Å². The third-order valence-corrected chi connectivity index (χ3v) is 4.46. The molecule has 7 heteroatoms. The van der Waals surface area contributed by atoms with Gasteiger partial charge in [-0.2, -0.15) is 0 Å². The van der Waals surface area contributed by atoms with Gasteiger partial charge in [0.05, 0.1) is 22.3 Å². The summed E-state index contributed by atoms with van der Waals surface area (Å²) in [6.07, 6.45) is 0. The summed E-state index contributed by atoms with van der Waals surface area (Å²) >= 11 is 13.3. The van der Waals surface area contributed by atoms with Gasteiger partial charge in [-0.1, -0.05) is 23.2 Å². The zero-order chi connectivity index (χ0) is 14.7. The molecule has 2 N–H and O–H groups in total. The minimum Gasteiger partial charge on any atom is -0.331 e. The molecule has 106 valence electrons. The third-order valence-electron chi connectivity index (χ3n) is 2.65. The van der Waals surface area contributed by atoms with Crippen LogP contribution < -0.4 is 10.6 Å². The van der Waals surface area contributed by atoms with Crippen LogP contribution in [-0.2, 0) is 6.54 Å². The molecule has 0 aliphatic carbocycles. The summed E-state index contributed by atoms with van der Waals surface area (Å²) < 4.78 is 0. The van der Waals surface area contributed by atoms with Crippen LogP contribution in [0.25, 0.3) is 0 Å². The fraction of sp³-hybridized carbons (Fsp3) is 0.231. The number of anilines is 1. The van der Waals surface area contributed by atoms with Gasteiger partial charge in [0.1, 0.15) is 5.01 Å². The number of hydrogen-bond donors (Lipinski definition) is 2. The summed E-state index contributed by atoms with van der Waals surface area (Å²) in [6, 6.07) is 4.61. The number of thiazole rings is 1. The lowest BCUT2D eigenvalue weighted by atomic mass is 10.3. The van der Waals surface area contributed by atoms with Crippen molar-refractivity contribution in [3.8, 4) is 0 Å². The Morgan fingerprint density at radius 2 is 2.05 bits per heavy atom. The molecule has 20 heavy (non-hydrogen) atoms. The highest BCUT2D eigenvalue weighted by molar-refractivity contribution is 7.11. The van der Waals surface area contributed by atoms with Gasteiger partial charge in [0, 0.05) is 10.6 Å². The Kier molecular flexibility index (Phi) is 4.86. The molecule has 0 fully saturated rings. The monoisotopic (exact) mass is 329 g/mol. The molecule has 0 bridgehead atoms. The van der Waals surface area contributed by atoms with E-state index in [2.05, 4.69) is 15.6 Å². The average Bonchev–Trinajstić information content (AvgIpc) is 2.71. The van der Waals surface area contributed by atoms with Crippen LogP contribution in [0.4, 0.5) is 10.5 Å². The van der Waals surface area contributed by atoms with Gasteiger partial charge in [0.15, 0.2) is 0 Å². The van der Waals surface area contributed by atoms with Crippen molar-refractivity contribution in [3.05, 3.63) is 43.8 Å². The van der Waals surface area contributed by atoms with Crippen molar-refractivity contribution in [1.29, 1.82) is 0 Å². The Hall–Kier alpha value is -1.30. The fourth-order valence-corrected chi connectivity index (χ4v) is 2.69. The largest absolute Gasteiger partial charge is 0.331 e. The smallest absolute Gasteiger partial charge is 0.319 e. The van der Waals surface area contributed by atoms with E-state index in [1.165, 1.54) is 0 Å². The van der Waals surface area contributed by atoms with Gasteiger partial charge >= 0.3 is 6.03 Å². The van der Waals surface area contributed by atoms with E-state index in [-0.39, 0.29) is 6.03 Å². The number of amides is 2. The number of urea groups is 1. The highest BCUT2D eigenvalue weighted by Crippen LogP contribution is 2.24. The summed E-state index contributed by atoms with van der Waals surface area (Å²) in [6.45, 7) is 4.35. The second-order valence-corrected chi connectivity index (χ2v) is 6.29. The number of nitrogens with zero attached hydrogens (tertiary/aromatic N) is 1. The van der Waals surface area contributed by atoms with Crippen molar-refractivity contribution >= 4 is 46.3 Å². The van der Waals surface area contributed by atoms with E-state index in [1.54, 1.807) is 29.5 Å². The lowest BCUT2D eigenvalue weighted by Gasteiger charge is -2.07. The van der Waals surface area contributed by atoms with Gasteiger partial charge in [-0.15, -0.1) is 11.3 Å². The van der Waals surface area contributed by atoms with E-state index in [1.807, 2.05) is 13.8 Å². The minimum absolute atomic E-state index is 0.311. The van der Waals surface area contributed by atoms with Crippen LogP contribution in [0.1, 0.15) is 15.6 Å². The Balaban J connectivity index is 1.90. The van der Waals surface area contributed by atoms with Gasteiger partial charge < -0.3 is 10.6 Å². The molecular weight excluding hydrogens is 317 g/mol. The molecule has 0 atom stereocenters. The lowest BCUT2D eigenvalue weighted by molar-refractivity contribution is 0.251. The number of aryl methyl sites for hydroxylation is 2. The maximum atomic E-state index is 11.8. The second kappa shape index (κ2) is 6.43. The van der Waals surface area contributed by atoms with Crippen LogP contribution in [0.3, 0.4) is 0 Å². The SMILES string of the molecule is Cc1nc(CNC(=O)Nc2ccc(Cl)c(Cl)c2)sc1C. The molecule has 0 aliphatic rings. The molecule has 2 aromatic rings. The molecule has 1 heterocycles. The van der Waals surface area contributed by atoms with Gasteiger partial charge in [-0.05, 0) is 32.0 Å². The van der Waals surface area contributed by atoms with E-state index in [0.717, 1.165) is 15.6 Å². The third kappa shape index (κ3) is 3.85. The quantitative estimate of drug-likeness (QED) is 0.877. The Morgan fingerprint density at radius 1 is 1.30 bits per heavy atom. The molecule has 2 amide bonds. The number of carbonyl (C=O) groups is 1. The maximum Gasteiger partial charge on any atom is 0.319 e. The zero-order valence-electron chi connectivity index (χ0n) is 11.0. The lowest BCUT2D eigenvalue weighted by Crippen LogP contribution is -2.28. The van der Waals surface area contributed by atoms with Gasteiger partial charge in [0.25, 0.3) is 0 Å². The molecule has 0 saturated heterocycles. The molecule has 0 unspecified atom stereocenters. The Bertz CT molecular complexity index is 623. The van der Waals surface area contributed by atoms with E-state index in [9.17, 15) is 4.79 Å². The highest BCUT2D eigenvalue weighted by atomic mass is 35.5. The molecule has 1 aromatic heterocycles. The van der Waals surface area contributed by atoms with E-state index in [4.69, 9.17) is 23.2 Å². The number of benzene rings is 1. The molecular formula is C13H13Cl2N3OS. The van der Waals surface area contributed by atoms with Crippen LogP contribution in [0.5, 0.6) is 0 Å². The zero-order valence-corrected chi connectivity index (χ0v) is 13.3. The predicted octanol–water partition coefficient (Wildman–Crippen LogP) is 4.39. The molecule has 0 saturated carbocycles. The second-order valence-electron chi connectivity index (χ2n) is 4.19. The van der Waals surface area contributed by atoms with Crippen molar-refractivity contribution in [2.75, 3.05) is 5.32 Å². The van der Waals surface area contributed by atoms with Crippen molar-refractivity contribution in [2.45, 2.75) is 20.4 Å². The van der Waals surface area contributed by atoms with Crippen molar-refractivity contribution in [1.82, 2.24) is 10.3 Å². The predicted molar refractivity (Wildman–Crippen MR) is 83.9 cm³/mol. The fourth-order valence-electron chi connectivity index (χ4n) is 1.52. The maximum absolute atomic E-state index is 11.8. The number of hydrogen-bond acceptors (Lipinski definition) is 3. The van der Waals surface area contributed by atoms with E-state index < -0.39 is 0 Å². The summed E-state index contributed by atoms with van der Waals surface area (Å²) in [4.78, 5) is 17.3. The standard InChI is InChI=1S/C13H13Cl2N3OS/c1-7-8(2)20-12(17-7)6-16-13(19)18-9-3-4-10(14)11(15)5-9/h3-5H,6H2,1-2H3,(H2,16,18,19). The molecule has 1 aromatic carbocycles. The van der Waals surface area contributed by atoms with E-state index in [0.29, 0.717) is 22.3 Å². The first kappa shape index (κ1) is 15.1. The highest BCUT2D eigenvalue weighted by Gasteiger charge is 2.07. The normalized spacial score (nSPS) is 10.4. The number of nitrogens with one attached hydrogen (secondary N) is 2. The molecule has 2 rings (SSSR count). The summed E-state index contributed by atoms with van der Waals surface area (Å²) in [7, 11) is 0. The van der Waals surface area contributed by atoms with Crippen LogP contribution in [0, 0.1) is 13.8 Å². The first-order valence-corrected chi connectivity index (χ1v) is 7.46. The number of rotatable bonds is 3. The average molecular weight is 330 g/mol. The Labute approximate surface area is 131 Å². The van der Waals surface area contributed by atoms with Gasteiger partial charge in [0.2, 0.25) is 0 Å². The first-order valence-electron chi connectivity index (χ1n) is 5.88. The molecule has 4 nitrogen and oxygen atoms in total. The summed E-state index contributed by atoms with van der Waals surface area (Å²) in [5.74, 6) is 0. The number of halogens is 2. The van der Waals surface area contributed by atoms with Crippen LogP contribution in [-0.4, -0.2) is 11.0 Å².